The number of aryl methyl sites for hydroxylation is 1. The van der Waals surface area contributed by atoms with Crippen molar-refractivity contribution in [1.82, 2.24) is 15.1 Å². The van der Waals surface area contributed by atoms with Crippen molar-refractivity contribution >= 4 is 22.9 Å². The van der Waals surface area contributed by atoms with E-state index in [1.54, 1.807) is 24.6 Å². The van der Waals surface area contributed by atoms with Gasteiger partial charge in [0.25, 0.3) is 0 Å². The van der Waals surface area contributed by atoms with Gasteiger partial charge < -0.3 is 10.1 Å². The summed E-state index contributed by atoms with van der Waals surface area (Å²) < 4.78 is 7.10. The molecule has 21 heavy (non-hydrogen) atoms. The number of thiophene rings is 1. The molecule has 0 radical (unpaired) electrons. The number of hydrogen-bond acceptors (Lipinski definition) is 4. The molecule has 2 heterocycles. The van der Waals surface area contributed by atoms with Gasteiger partial charge in [0, 0.05) is 16.9 Å². The lowest BCUT2D eigenvalue weighted by atomic mass is 10.1. The normalized spacial score (nSPS) is 12.8. The van der Waals surface area contributed by atoms with Crippen LogP contribution in [-0.4, -0.2) is 30.0 Å². The van der Waals surface area contributed by atoms with E-state index in [1.165, 1.54) is 9.75 Å². The molecule has 0 bridgehead atoms. The first-order chi connectivity index (χ1) is 10.2. The highest BCUT2D eigenvalue weighted by Gasteiger charge is 2.22. The minimum Gasteiger partial charge on any atom is -0.383 e. The van der Waals surface area contributed by atoms with Gasteiger partial charge in [-0.1, -0.05) is 18.5 Å². The molecule has 6 heteroatoms. The summed E-state index contributed by atoms with van der Waals surface area (Å²) in [5, 5.41) is 8.67. The standard InChI is InChI=1S/C15H22ClN3OS/c1-4-7-17-14(13-6-5-11(2)21-13)15-12(16)10-18-19(15)8-9-20-3/h5-6,10,14,17H,4,7-9H2,1-3H3. The van der Waals surface area contributed by atoms with E-state index in [1.807, 2.05) is 4.68 Å². The Hall–Kier alpha value is -0.880. The molecule has 1 unspecified atom stereocenters. The second-order valence-corrected chi connectivity index (χ2v) is 6.66. The predicted molar refractivity (Wildman–Crippen MR) is 88.3 cm³/mol. The van der Waals surface area contributed by atoms with Crippen molar-refractivity contribution in [2.24, 2.45) is 0 Å². The van der Waals surface area contributed by atoms with Crippen molar-refractivity contribution in [3.8, 4) is 0 Å². The zero-order valence-corrected chi connectivity index (χ0v) is 14.3. The van der Waals surface area contributed by atoms with Crippen LogP contribution >= 0.6 is 22.9 Å². The van der Waals surface area contributed by atoms with E-state index >= 15 is 0 Å². The average molecular weight is 328 g/mol. The Labute approximate surface area is 135 Å². The number of methoxy groups -OCH3 is 1. The molecule has 116 valence electrons. The third kappa shape index (κ3) is 4.07. The smallest absolute Gasteiger partial charge is 0.0857 e. The van der Waals surface area contributed by atoms with Crippen molar-refractivity contribution in [1.29, 1.82) is 0 Å². The van der Waals surface area contributed by atoms with Crippen LogP contribution in [0.25, 0.3) is 0 Å². The van der Waals surface area contributed by atoms with Crippen molar-refractivity contribution in [3.63, 3.8) is 0 Å². The fourth-order valence-electron chi connectivity index (χ4n) is 2.24. The van der Waals surface area contributed by atoms with Gasteiger partial charge >= 0.3 is 0 Å². The van der Waals surface area contributed by atoms with Crippen LogP contribution in [0.3, 0.4) is 0 Å². The van der Waals surface area contributed by atoms with Gasteiger partial charge in [0.2, 0.25) is 0 Å². The zero-order chi connectivity index (χ0) is 15.2. The van der Waals surface area contributed by atoms with E-state index < -0.39 is 0 Å². The maximum atomic E-state index is 6.39. The second kappa shape index (κ2) is 7.94. The number of nitrogens with one attached hydrogen (secondary N) is 1. The maximum Gasteiger partial charge on any atom is 0.0857 e. The summed E-state index contributed by atoms with van der Waals surface area (Å²) in [6.07, 6.45) is 2.79. The monoisotopic (exact) mass is 327 g/mol. The molecule has 2 aromatic heterocycles. The summed E-state index contributed by atoms with van der Waals surface area (Å²) in [7, 11) is 1.69. The molecule has 0 fully saturated rings. The van der Waals surface area contributed by atoms with Gasteiger partial charge in [-0.05, 0) is 32.0 Å². The van der Waals surface area contributed by atoms with Crippen molar-refractivity contribution in [3.05, 3.63) is 38.8 Å². The highest BCUT2D eigenvalue weighted by molar-refractivity contribution is 7.12. The Morgan fingerprint density at radius 1 is 1.48 bits per heavy atom. The van der Waals surface area contributed by atoms with Crippen LogP contribution in [0.2, 0.25) is 5.02 Å². The molecular formula is C15H22ClN3OS. The number of halogens is 1. The van der Waals surface area contributed by atoms with E-state index in [4.69, 9.17) is 16.3 Å². The number of hydrogen-bond donors (Lipinski definition) is 1. The SMILES string of the molecule is CCCNC(c1ccc(C)s1)c1c(Cl)cnn1CCOC. The number of rotatable bonds is 8. The molecule has 2 rings (SSSR count). The fraction of sp³-hybridized carbons (Fsp3) is 0.533. The third-order valence-electron chi connectivity index (χ3n) is 3.26. The van der Waals surface area contributed by atoms with Gasteiger partial charge in [0.15, 0.2) is 0 Å². The minimum atomic E-state index is 0.0792. The molecule has 4 nitrogen and oxygen atoms in total. The van der Waals surface area contributed by atoms with E-state index in [-0.39, 0.29) is 6.04 Å². The Kier molecular flexibility index (Phi) is 6.23. The van der Waals surface area contributed by atoms with Crippen molar-refractivity contribution in [2.45, 2.75) is 32.9 Å². The summed E-state index contributed by atoms with van der Waals surface area (Å²) in [6, 6.07) is 4.39. The number of ether oxygens (including phenoxy) is 1. The summed E-state index contributed by atoms with van der Waals surface area (Å²) >= 11 is 8.19. The molecule has 1 atom stereocenters. The highest BCUT2D eigenvalue weighted by atomic mass is 35.5. The topological polar surface area (TPSA) is 39.1 Å². The number of aromatic nitrogens is 2. The minimum absolute atomic E-state index is 0.0792. The quantitative estimate of drug-likeness (QED) is 0.804. The lowest BCUT2D eigenvalue weighted by Crippen LogP contribution is -2.26. The average Bonchev–Trinajstić information content (AvgIpc) is 3.05. The van der Waals surface area contributed by atoms with E-state index in [2.05, 4.69) is 36.4 Å². The fourth-order valence-corrected chi connectivity index (χ4v) is 3.45. The summed E-state index contributed by atoms with van der Waals surface area (Å²) in [4.78, 5) is 2.56. The molecule has 0 aliphatic heterocycles. The van der Waals surface area contributed by atoms with Crippen LogP contribution in [0.4, 0.5) is 0 Å². The van der Waals surface area contributed by atoms with Gasteiger partial charge in [-0.2, -0.15) is 5.10 Å². The van der Waals surface area contributed by atoms with Gasteiger partial charge in [-0.25, -0.2) is 0 Å². The first-order valence-corrected chi connectivity index (χ1v) is 8.36. The van der Waals surface area contributed by atoms with Crippen LogP contribution in [0.15, 0.2) is 18.3 Å². The van der Waals surface area contributed by atoms with Crippen LogP contribution in [0.5, 0.6) is 0 Å². The Bertz CT molecular complexity index is 567. The number of nitrogens with zero attached hydrogens (tertiary/aromatic N) is 2. The van der Waals surface area contributed by atoms with E-state index in [0.29, 0.717) is 18.2 Å². The maximum absolute atomic E-state index is 6.39. The van der Waals surface area contributed by atoms with Gasteiger partial charge in [-0.3, -0.25) is 4.68 Å². The molecule has 1 N–H and O–H groups in total. The van der Waals surface area contributed by atoms with Gasteiger partial charge in [0.05, 0.1) is 36.1 Å². The molecular weight excluding hydrogens is 306 g/mol. The Balaban J connectivity index is 2.33. The molecule has 0 aliphatic carbocycles. The van der Waals surface area contributed by atoms with Crippen LogP contribution in [-0.2, 0) is 11.3 Å². The van der Waals surface area contributed by atoms with Gasteiger partial charge in [-0.15, -0.1) is 11.3 Å². The first-order valence-electron chi connectivity index (χ1n) is 7.17. The second-order valence-electron chi connectivity index (χ2n) is 4.93. The molecule has 0 amide bonds. The molecule has 0 spiro atoms. The Morgan fingerprint density at radius 3 is 2.90 bits per heavy atom. The summed E-state index contributed by atoms with van der Waals surface area (Å²) in [5.74, 6) is 0. The van der Waals surface area contributed by atoms with Crippen molar-refractivity contribution < 1.29 is 4.74 Å². The highest BCUT2D eigenvalue weighted by Crippen LogP contribution is 2.32. The largest absolute Gasteiger partial charge is 0.383 e. The molecule has 0 saturated carbocycles. The van der Waals surface area contributed by atoms with Crippen LogP contribution in [0, 0.1) is 6.92 Å². The molecule has 0 aromatic carbocycles. The molecule has 0 aliphatic rings. The van der Waals surface area contributed by atoms with Crippen molar-refractivity contribution in [2.75, 3.05) is 20.3 Å². The summed E-state index contributed by atoms with van der Waals surface area (Å²) in [6.45, 7) is 6.54. The van der Waals surface area contributed by atoms with Crippen LogP contribution in [0.1, 0.15) is 34.8 Å². The van der Waals surface area contributed by atoms with E-state index in [0.717, 1.165) is 18.7 Å². The summed E-state index contributed by atoms with van der Waals surface area (Å²) in [5.41, 5.74) is 1.02. The van der Waals surface area contributed by atoms with E-state index in [9.17, 15) is 0 Å². The zero-order valence-electron chi connectivity index (χ0n) is 12.7. The predicted octanol–water partition coefficient (Wildman–Crippen LogP) is 3.64. The molecule has 0 saturated heterocycles. The van der Waals surface area contributed by atoms with Gasteiger partial charge in [0.1, 0.15) is 0 Å². The van der Waals surface area contributed by atoms with Crippen LogP contribution < -0.4 is 5.32 Å². The lowest BCUT2D eigenvalue weighted by molar-refractivity contribution is 0.182. The lowest BCUT2D eigenvalue weighted by Gasteiger charge is -2.19. The Morgan fingerprint density at radius 2 is 2.29 bits per heavy atom. The molecule has 2 aromatic rings. The first kappa shape index (κ1) is 16.5. The third-order valence-corrected chi connectivity index (χ3v) is 4.61.